The number of rotatable bonds is 4. The monoisotopic (exact) mass is 276 g/mol. The van der Waals surface area contributed by atoms with E-state index in [0.717, 1.165) is 18.4 Å². The molecule has 1 atom stereocenters. The van der Waals surface area contributed by atoms with Crippen LogP contribution in [0.5, 0.6) is 0 Å². The van der Waals surface area contributed by atoms with Crippen LogP contribution >= 0.6 is 0 Å². The van der Waals surface area contributed by atoms with E-state index in [-0.39, 0.29) is 0 Å². The van der Waals surface area contributed by atoms with E-state index in [1.165, 1.54) is 21.9 Å². The predicted molar refractivity (Wildman–Crippen MR) is 88.4 cm³/mol. The van der Waals surface area contributed by atoms with Crippen LogP contribution in [0.4, 0.5) is 0 Å². The van der Waals surface area contributed by atoms with Gasteiger partial charge in [-0.3, -0.25) is 0 Å². The van der Waals surface area contributed by atoms with Gasteiger partial charge in [0.15, 0.2) is 0 Å². The molecule has 1 heteroatoms. The molecular formula is C20H20O. The summed E-state index contributed by atoms with van der Waals surface area (Å²) in [6.45, 7) is 2.09. The van der Waals surface area contributed by atoms with Crippen molar-refractivity contribution in [1.82, 2.24) is 0 Å². The molecule has 0 aliphatic carbocycles. The molecule has 0 aliphatic rings. The Morgan fingerprint density at radius 2 is 1.57 bits per heavy atom. The molecule has 1 nitrogen and oxygen atoms in total. The van der Waals surface area contributed by atoms with Gasteiger partial charge in [-0.1, -0.05) is 66.2 Å². The van der Waals surface area contributed by atoms with Crippen molar-refractivity contribution >= 4 is 10.8 Å². The quantitative estimate of drug-likeness (QED) is 0.724. The second-order valence-electron chi connectivity index (χ2n) is 5.65. The minimum absolute atomic E-state index is 0.407. The number of aliphatic hydroxyl groups is 1. The van der Waals surface area contributed by atoms with E-state index in [9.17, 15) is 5.11 Å². The summed E-state index contributed by atoms with van der Waals surface area (Å²) in [7, 11) is 0. The molecule has 3 aromatic rings. The maximum Gasteiger partial charge on any atom is 0.0793 e. The Morgan fingerprint density at radius 3 is 2.33 bits per heavy atom. The van der Waals surface area contributed by atoms with Gasteiger partial charge < -0.3 is 5.11 Å². The summed E-state index contributed by atoms with van der Waals surface area (Å²) >= 11 is 0. The molecule has 0 amide bonds. The van der Waals surface area contributed by atoms with Crippen molar-refractivity contribution in [2.75, 3.05) is 0 Å². The number of aryl methyl sites for hydroxylation is 2. The van der Waals surface area contributed by atoms with Crippen molar-refractivity contribution in [3.05, 3.63) is 83.4 Å². The average Bonchev–Trinajstić information content (AvgIpc) is 2.53. The molecule has 0 spiro atoms. The maximum absolute atomic E-state index is 10.4. The van der Waals surface area contributed by atoms with E-state index in [0.29, 0.717) is 0 Å². The normalized spacial score (nSPS) is 12.5. The van der Waals surface area contributed by atoms with Gasteiger partial charge >= 0.3 is 0 Å². The Labute approximate surface area is 125 Å². The fourth-order valence-electron chi connectivity index (χ4n) is 2.64. The second-order valence-corrected chi connectivity index (χ2v) is 5.65. The first-order valence-electron chi connectivity index (χ1n) is 7.45. The lowest BCUT2D eigenvalue weighted by atomic mass is 9.98. The number of aliphatic hydroxyl groups excluding tert-OH is 1. The van der Waals surface area contributed by atoms with Crippen molar-refractivity contribution in [2.24, 2.45) is 0 Å². The average molecular weight is 276 g/mol. The Morgan fingerprint density at radius 1 is 0.857 bits per heavy atom. The highest BCUT2D eigenvalue weighted by Gasteiger charge is 2.08. The highest BCUT2D eigenvalue weighted by molar-refractivity contribution is 5.83. The molecule has 0 radical (unpaired) electrons. The van der Waals surface area contributed by atoms with Crippen LogP contribution in [-0.4, -0.2) is 5.11 Å². The molecule has 0 heterocycles. The predicted octanol–water partition coefficient (Wildman–Crippen LogP) is 4.81. The first-order valence-corrected chi connectivity index (χ1v) is 7.45. The minimum atomic E-state index is -0.407. The summed E-state index contributed by atoms with van der Waals surface area (Å²) in [5.41, 5.74) is 3.55. The van der Waals surface area contributed by atoms with Crippen LogP contribution in [0.1, 0.15) is 29.2 Å². The number of fused-ring (bicyclic) bond motifs is 1. The Bertz CT molecular complexity index is 728. The molecule has 106 valence electrons. The van der Waals surface area contributed by atoms with Crippen LogP contribution in [0.3, 0.4) is 0 Å². The van der Waals surface area contributed by atoms with E-state index >= 15 is 0 Å². The third kappa shape index (κ3) is 3.32. The fourth-order valence-corrected chi connectivity index (χ4v) is 2.64. The van der Waals surface area contributed by atoms with Crippen molar-refractivity contribution in [3.63, 3.8) is 0 Å². The van der Waals surface area contributed by atoms with Gasteiger partial charge in [0.1, 0.15) is 0 Å². The third-order valence-corrected chi connectivity index (χ3v) is 3.99. The van der Waals surface area contributed by atoms with Crippen LogP contribution < -0.4 is 0 Å². The summed E-state index contributed by atoms with van der Waals surface area (Å²) in [5, 5.41) is 12.8. The first-order chi connectivity index (χ1) is 10.2. The van der Waals surface area contributed by atoms with Crippen molar-refractivity contribution < 1.29 is 5.11 Å². The number of hydrogen-bond acceptors (Lipinski definition) is 1. The van der Waals surface area contributed by atoms with Gasteiger partial charge in [-0.15, -0.1) is 0 Å². The van der Waals surface area contributed by atoms with Crippen LogP contribution in [0.2, 0.25) is 0 Å². The van der Waals surface area contributed by atoms with Gasteiger partial charge in [0, 0.05) is 0 Å². The van der Waals surface area contributed by atoms with Crippen LogP contribution in [-0.2, 0) is 6.42 Å². The molecule has 0 aliphatic heterocycles. The van der Waals surface area contributed by atoms with E-state index in [4.69, 9.17) is 0 Å². The zero-order valence-corrected chi connectivity index (χ0v) is 12.3. The van der Waals surface area contributed by atoms with Gasteiger partial charge in [-0.05, 0) is 47.7 Å². The summed E-state index contributed by atoms with van der Waals surface area (Å²) in [6.07, 6.45) is 1.24. The van der Waals surface area contributed by atoms with Crippen LogP contribution in [0.15, 0.2) is 66.7 Å². The molecule has 0 saturated heterocycles. The molecule has 0 bridgehead atoms. The lowest BCUT2D eigenvalue weighted by molar-refractivity contribution is 0.168. The summed E-state index contributed by atoms with van der Waals surface area (Å²) in [4.78, 5) is 0. The smallest absolute Gasteiger partial charge is 0.0793 e. The van der Waals surface area contributed by atoms with Crippen LogP contribution in [0, 0.1) is 6.92 Å². The Kier molecular flexibility index (Phi) is 4.03. The molecule has 3 aromatic carbocycles. The maximum atomic E-state index is 10.4. The highest BCUT2D eigenvalue weighted by atomic mass is 16.3. The summed E-state index contributed by atoms with van der Waals surface area (Å²) < 4.78 is 0. The largest absolute Gasteiger partial charge is 0.388 e. The van der Waals surface area contributed by atoms with Crippen LogP contribution in [0.25, 0.3) is 10.8 Å². The highest BCUT2D eigenvalue weighted by Crippen LogP contribution is 2.23. The standard InChI is InChI=1S/C20H20O/c1-15-6-8-16(9-7-15)10-13-20(21)19-12-11-17-4-2-3-5-18(17)14-19/h2-9,11-12,14,20-21H,10,13H2,1H3. The number of hydrogen-bond donors (Lipinski definition) is 1. The van der Waals surface area contributed by atoms with E-state index < -0.39 is 6.10 Å². The van der Waals surface area contributed by atoms with Gasteiger partial charge in [0.05, 0.1) is 6.10 Å². The lowest BCUT2D eigenvalue weighted by Crippen LogP contribution is -1.99. The minimum Gasteiger partial charge on any atom is -0.388 e. The molecular weight excluding hydrogens is 256 g/mol. The molecule has 21 heavy (non-hydrogen) atoms. The molecule has 0 saturated carbocycles. The Balaban J connectivity index is 1.71. The van der Waals surface area contributed by atoms with Crippen molar-refractivity contribution in [3.8, 4) is 0 Å². The Hall–Kier alpha value is -2.12. The molecule has 0 aromatic heterocycles. The molecule has 3 rings (SSSR count). The van der Waals surface area contributed by atoms with Crippen molar-refractivity contribution in [2.45, 2.75) is 25.9 Å². The second kappa shape index (κ2) is 6.11. The van der Waals surface area contributed by atoms with Gasteiger partial charge in [0.25, 0.3) is 0 Å². The first kappa shape index (κ1) is 13.8. The van der Waals surface area contributed by atoms with E-state index in [2.05, 4.69) is 55.5 Å². The van der Waals surface area contributed by atoms with Gasteiger partial charge in [-0.25, -0.2) is 0 Å². The van der Waals surface area contributed by atoms with E-state index in [1.807, 2.05) is 18.2 Å². The molecule has 1 N–H and O–H groups in total. The fraction of sp³-hybridized carbons (Fsp3) is 0.200. The zero-order valence-electron chi connectivity index (χ0n) is 12.3. The number of benzene rings is 3. The zero-order chi connectivity index (χ0) is 14.7. The van der Waals surface area contributed by atoms with Gasteiger partial charge in [0.2, 0.25) is 0 Å². The SMILES string of the molecule is Cc1ccc(CCC(O)c2ccc3ccccc3c2)cc1. The third-order valence-electron chi connectivity index (χ3n) is 3.99. The summed E-state index contributed by atoms with van der Waals surface area (Å²) in [5.74, 6) is 0. The molecule has 1 unspecified atom stereocenters. The van der Waals surface area contributed by atoms with Gasteiger partial charge in [-0.2, -0.15) is 0 Å². The molecule has 0 fully saturated rings. The van der Waals surface area contributed by atoms with E-state index in [1.54, 1.807) is 0 Å². The van der Waals surface area contributed by atoms with Crippen molar-refractivity contribution in [1.29, 1.82) is 0 Å². The lowest BCUT2D eigenvalue weighted by Gasteiger charge is -2.12. The topological polar surface area (TPSA) is 20.2 Å². The summed E-state index contributed by atoms with van der Waals surface area (Å²) in [6, 6.07) is 23.0.